The molecule has 9 heteroatoms. The molecule has 0 atom stereocenters. The Morgan fingerprint density at radius 1 is 1.00 bits per heavy atom. The van der Waals surface area contributed by atoms with E-state index in [4.69, 9.17) is 4.74 Å². The van der Waals surface area contributed by atoms with Crippen molar-refractivity contribution in [2.75, 3.05) is 0 Å². The van der Waals surface area contributed by atoms with Gasteiger partial charge in [0.1, 0.15) is 12.1 Å². The van der Waals surface area contributed by atoms with Gasteiger partial charge in [-0.05, 0) is 18.2 Å². The summed E-state index contributed by atoms with van der Waals surface area (Å²) in [7, 11) is 0. The first-order valence-electron chi connectivity index (χ1n) is 8.24. The Balaban J connectivity index is 1.86. The summed E-state index contributed by atoms with van der Waals surface area (Å²) >= 11 is 0. The van der Waals surface area contributed by atoms with E-state index in [2.05, 4.69) is 29.9 Å². The van der Waals surface area contributed by atoms with Crippen LogP contribution >= 0.6 is 0 Å². The quantitative estimate of drug-likeness (QED) is 0.677. The van der Waals surface area contributed by atoms with Crippen LogP contribution in [-0.2, 0) is 9.59 Å². The predicted octanol–water partition coefficient (Wildman–Crippen LogP) is 0.785. The van der Waals surface area contributed by atoms with Crippen LogP contribution in [0, 0.1) is 0 Å². The van der Waals surface area contributed by atoms with Crippen molar-refractivity contribution in [2.45, 2.75) is 6.42 Å². The highest BCUT2D eigenvalue weighted by Crippen LogP contribution is 2.20. The normalized spacial score (nSPS) is 16.9. The number of aromatic nitrogens is 2. The molecular formula is C19H12N6O3. The van der Waals surface area contributed by atoms with Crippen LogP contribution in [0.25, 0.3) is 5.57 Å². The van der Waals surface area contributed by atoms with Gasteiger partial charge in [0.2, 0.25) is 5.91 Å². The highest BCUT2D eigenvalue weighted by atomic mass is 16.5. The third-order valence-corrected chi connectivity index (χ3v) is 3.75. The van der Waals surface area contributed by atoms with Crippen molar-refractivity contribution < 1.29 is 14.3 Å². The number of aliphatic imine (C=N–C) groups is 3. The van der Waals surface area contributed by atoms with Gasteiger partial charge in [0, 0.05) is 24.7 Å². The van der Waals surface area contributed by atoms with E-state index in [1.54, 1.807) is 30.3 Å². The van der Waals surface area contributed by atoms with Gasteiger partial charge in [-0.15, -0.1) is 0 Å². The first-order valence-corrected chi connectivity index (χ1v) is 8.24. The zero-order valence-corrected chi connectivity index (χ0v) is 14.4. The number of amides is 2. The van der Waals surface area contributed by atoms with E-state index in [9.17, 15) is 9.59 Å². The van der Waals surface area contributed by atoms with Gasteiger partial charge in [0.15, 0.2) is 11.3 Å². The first kappa shape index (κ1) is 17.3. The van der Waals surface area contributed by atoms with E-state index >= 15 is 0 Å². The lowest BCUT2D eigenvalue weighted by Gasteiger charge is -2.01. The molecular weight excluding hydrogens is 360 g/mol. The van der Waals surface area contributed by atoms with Crippen LogP contribution in [0.2, 0.25) is 0 Å². The molecule has 0 unspecified atom stereocenters. The van der Waals surface area contributed by atoms with Gasteiger partial charge in [0.25, 0.3) is 5.91 Å². The molecule has 0 spiro atoms. The van der Waals surface area contributed by atoms with Crippen LogP contribution in [0.15, 0.2) is 62.9 Å². The lowest BCUT2D eigenvalue weighted by Crippen LogP contribution is -2.28. The fraction of sp³-hybridized carbons (Fsp3) is 0.0526. The second kappa shape index (κ2) is 7.62. The van der Waals surface area contributed by atoms with E-state index in [0.717, 1.165) is 0 Å². The van der Waals surface area contributed by atoms with Gasteiger partial charge in [-0.25, -0.2) is 20.0 Å². The maximum Gasteiger partial charge on any atom is 0.281 e. The summed E-state index contributed by atoms with van der Waals surface area (Å²) in [6, 6.07) is 6.96. The maximum atomic E-state index is 12.3. The van der Waals surface area contributed by atoms with Crippen molar-refractivity contribution in [3.05, 3.63) is 53.6 Å². The number of nitrogens with zero attached hydrogens (tertiary/aromatic N) is 6. The fourth-order valence-corrected chi connectivity index (χ4v) is 2.50. The van der Waals surface area contributed by atoms with E-state index in [0.29, 0.717) is 16.7 Å². The summed E-state index contributed by atoms with van der Waals surface area (Å²) in [6.07, 6.45) is 8.30. The van der Waals surface area contributed by atoms with Crippen LogP contribution in [0.1, 0.15) is 6.42 Å². The number of fused-ring (bicyclic) bond motifs is 2. The van der Waals surface area contributed by atoms with Crippen LogP contribution in [0.5, 0.6) is 5.75 Å². The Morgan fingerprint density at radius 3 is 2.82 bits per heavy atom. The molecule has 1 aromatic heterocycles. The molecule has 9 nitrogen and oxygen atoms in total. The van der Waals surface area contributed by atoms with Gasteiger partial charge >= 0.3 is 0 Å². The number of hydrogen-bond acceptors (Lipinski definition) is 7. The lowest BCUT2D eigenvalue weighted by molar-refractivity contribution is -0.117. The second-order valence-corrected chi connectivity index (χ2v) is 5.63. The molecule has 136 valence electrons. The third kappa shape index (κ3) is 3.68. The molecule has 3 heterocycles. The number of benzene rings is 1. The van der Waals surface area contributed by atoms with E-state index < -0.39 is 5.91 Å². The number of carbonyl (C=O) groups excluding carboxylic acids is 2. The zero-order valence-electron chi connectivity index (χ0n) is 14.4. The lowest BCUT2D eigenvalue weighted by atomic mass is 10.2. The molecule has 0 aliphatic carbocycles. The Labute approximate surface area is 158 Å². The van der Waals surface area contributed by atoms with Gasteiger partial charge in [0.05, 0.1) is 29.2 Å². The summed E-state index contributed by atoms with van der Waals surface area (Å²) in [6.45, 7) is 0. The van der Waals surface area contributed by atoms with Crippen molar-refractivity contribution in [3.8, 4) is 5.75 Å². The average Bonchev–Trinajstić information content (AvgIpc) is 3.02. The molecule has 0 radical (unpaired) electrons. The molecule has 0 N–H and O–H groups in total. The highest BCUT2D eigenvalue weighted by molar-refractivity contribution is 6.36. The van der Waals surface area contributed by atoms with E-state index in [1.807, 2.05) is 0 Å². The summed E-state index contributed by atoms with van der Waals surface area (Å²) in [5, 5.41) is 0.380. The number of ether oxygens (including phenoxy) is 1. The van der Waals surface area contributed by atoms with Crippen molar-refractivity contribution in [2.24, 2.45) is 20.0 Å². The average molecular weight is 372 g/mol. The van der Waals surface area contributed by atoms with Crippen molar-refractivity contribution in [1.29, 1.82) is 0 Å². The molecule has 0 saturated carbocycles. The zero-order chi connectivity index (χ0) is 19.3. The van der Waals surface area contributed by atoms with Crippen LogP contribution in [0.4, 0.5) is 11.5 Å². The van der Waals surface area contributed by atoms with Gasteiger partial charge < -0.3 is 4.74 Å². The molecule has 1 aromatic carbocycles. The van der Waals surface area contributed by atoms with E-state index in [1.165, 1.54) is 31.2 Å². The highest BCUT2D eigenvalue weighted by Gasteiger charge is 2.18. The van der Waals surface area contributed by atoms with Gasteiger partial charge in [-0.1, -0.05) is 6.07 Å². The van der Waals surface area contributed by atoms with Gasteiger partial charge in [-0.2, -0.15) is 4.99 Å². The Hall–Kier alpha value is -4.14. The standard InChI is InChI=1S/C19H12N6O3/c26-15-5-2-8-28-13-4-1-3-12(9-13)22-10-14-16-17(21-7-6-20-15)23-11-24-18(16)25-19(14)27/h1-4,6-11H,5H2/b8-2-,20-6?,21-7?,22-10?. The molecule has 0 saturated heterocycles. The first-order chi connectivity index (χ1) is 13.7. The number of rotatable bonds is 0. The molecule has 2 bridgehead atoms. The summed E-state index contributed by atoms with van der Waals surface area (Å²) < 4.78 is 5.46. The Bertz CT molecular complexity index is 1210. The van der Waals surface area contributed by atoms with Crippen LogP contribution < -0.4 is 15.4 Å². The Kier molecular flexibility index (Phi) is 4.70. The van der Waals surface area contributed by atoms with E-state index in [-0.39, 0.29) is 29.2 Å². The SMILES string of the molecule is O=C1C/C=C\Oc2cccc(c2)N=CC2=c3c(ncnc3=NC2=O)N=CC=N1. The predicted molar refractivity (Wildman–Crippen MR) is 102 cm³/mol. The third-order valence-electron chi connectivity index (χ3n) is 3.75. The molecule has 2 aliphatic heterocycles. The molecule has 2 amide bonds. The molecule has 2 aromatic rings. The monoisotopic (exact) mass is 372 g/mol. The van der Waals surface area contributed by atoms with Gasteiger partial charge in [-0.3, -0.25) is 14.6 Å². The fourth-order valence-electron chi connectivity index (χ4n) is 2.50. The number of hydrogen-bond donors (Lipinski definition) is 0. The topological polar surface area (TPSA) is 119 Å². The molecule has 28 heavy (non-hydrogen) atoms. The minimum absolute atomic E-state index is 0.0798. The van der Waals surface area contributed by atoms with Crippen molar-refractivity contribution >= 4 is 47.5 Å². The minimum atomic E-state index is -0.479. The minimum Gasteiger partial charge on any atom is -0.465 e. The van der Waals surface area contributed by atoms with Crippen molar-refractivity contribution in [1.82, 2.24) is 9.97 Å². The number of carbonyl (C=O) groups is 2. The molecule has 0 fully saturated rings. The van der Waals surface area contributed by atoms with Crippen LogP contribution in [-0.4, -0.2) is 40.4 Å². The maximum absolute atomic E-state index is 12.3. The summed E-state index contributed by atoms with van der Waals surface area (Å²) in [4.78, 5) is 48.3. The van der Waals surface area contributed by atoms with Crippen molar-refractivity contribution in [3.63, 3.8) is 0 Å². The largest absolute Gasteiger partial charge is 0.465 e. The smallest absolute Gasteiger partial charge is 0.281 e. The second-order valence-electron chi connectivity index (χ2n) is 5.63. The summed E-state index contributed by atoms with van der Waals surface area (Å²) in [5.74, 6) is -0.0709. The summed E-state index contributed by atoms with van der Waals surface area (Å²) in [5.41, 5.74) is 1.03. The Morgan fingerprint density at radius 2 is 1.89 bits per heavy atom. The molecule has 2 aliphatic rings. The van der Waals surface area contributed by atoms with Crippen LogP contribution in [0.3, 0.4) is 0 Å². The molecule has 4 rings (SSSR count).